The zero-order chi connectivity index (χ0) is 16.8. The second-order valence-electron chi connectivity index (χ2n) is 6.94. The number of rotatable bonds is 2. The van der Waals surface area contributed by atoms with E-state index in [1.54, 1.807) is 0 Å². The van der Waals surface area contributed by atoms with Crippen molar-refractivity contribution in [3.05, 3.63) is 5.01 Å². The fourth-order valence-corrected chi connectivity index (χ4v) is 4.59. The van der Waals surface area contributed by atoms with Gasteiger partial charge >= 0.3 is 12.2 Å². The first kappa shape index (κ1) is 16.5. The molecule has 1 aliphatic carbocycles. The van der Waals surface area contributed by atoms with E-state index in [9.17, 15) is 18.0 Å². The zero-order valence-corrected chi connectivity index (χ0v) is 13.8. The average Bonchev–Trinajstić information content (AvgIpc) is 3.07. The van der Waals surface area contributed by atoms with Crippen molar-refractivity contribution < 1.29 is 18.0 Å². The number of alkyl halides is 3. The van der Waals surface area contributed by atoms with Gasteiger partial charge in [-0.2, -0.15) is 13.2 Å². The van der Waals surface area contributed by atoms with E-state index < -0.39 is 12.6 Å². The maximum atomic E-state index is 12.5. The largest absolute Gasteiger partial charge is 0.395 e. The summed E-state index contributed by atoms with van der Waals surface area (Å²) in [6.07, 6.45) is -2.23. The van der Waals surface area contributed by atoms with Crippen molar-refractivity contribution in [2.75, 3.05) is 11.9 Å². The minimum Gasteiger partial charge on any atom is -0.321 e. The predicted octanol–water partition coefficient (Wildman–Crippen LogP) is 3.69. The van der Waals surface area contributed by atoms with E-state index in [0.717, 1.165) is 30.6 Å². The molecule has 2 aliphatic rings. The molecular formula is C14H19F3N4OS. The molecule has 128 valence electrons. The Labute approximate surface area is 136 Å². The Morgan fingerprint density at radius 1 is 1.39 bits per heavy atom. The summed E-state index contributed by atoms with van der Waals surface area (Å²) in [5, 5.41) is 9.71. The van der Waals surface area contributed by atoms with E-state index in [-0.39, 0.29) is 27.6 Å². The van der Waals surface area contributed by atoms with E-state index in [2.05, 4.69) is 29.4 Å². The van der Waals surface area contributed by atoms with Crippen LogP contribution in [0.4, 0.5) is 23.1 Å². The minimum absolute atomic E-state index is 0.0705. The highest BCUT2D eigenvalue weighted by Crippen LogP contribution is 2.48. The highest BCUT2D eigenvalue weighted by molar-refractivity contribution is 7.15. The molecule has 1 N–H and O–H groups in total. The normalized spacial score (nSPS) is 26.4. The van der Waals surface area contributed by atoms with Crippen molar-refractivity contribution in [1.29, 1.82) is 0 Å². The van der Waals surface area contributed by atoms with Gasteiger partial charge < -0.3 is 4.90 Å². The molecule has 1 aromatic heterocycles. The van der Waals surface area contributed by atoms with Crippen LogP contribution >= 0.6 is 11.3 Å². The Bertz CT molecular complexity index is 601. The van der Waals surface area contributed by atoms with Crippen LogP contribution in [0.15, 0.2) is 0 Å². The zero-order valence-electron chi connectivity index (χ0n) is 13.0. The number of likely N-dealkylation sites (tertiary alicyclic amines) is 1. The molecular weight excluding hydrogens is 329 g/mol. The van der Waals surface area contributed by atoms with Crippen LogP contribution in [-0.4, -0.2) is 39.9 Å². The Balaban J connectivity index is 1.66. The maximum absolute atomic E-state index is 12.5. The van der Waals surface area contributed by atoms with Gasteiger partial charge in [-0.3, -0.25) is 5.32 Å². The molecule has 9 heteroatoms. The number of nitrogens with one attached hydrogen (secondary N) is 1. The Hall–Kier alpha value is -1.38. The monoisotopic (exact) mass is 348 g/mol. The van der Waals surface area contributed by atoms with Gasteiger partial charge in [0.15, 0.2) is 0 Å². The topological polar surface area (TPSA) is 58.1 Å². The number of aromatic nitrogens is 2. The summed E-state index contributed by atoms with van der Waals surface area (Å²) >= 11 is 0.771. The average molecular weight is 348 g/mol. The number of amides is 2. The highest BCUT2D eigenvalue weighted by atomic mass is 32.1. The van der Waals surface area contributed by atoms with Gasteiger partial charge in [0.25, 0.3) is 0 Å². The molecule has 5 nitrogen and oxygen atoms in total. The quantitative estimate of drug-likeness (QED) is 0.887. The van der Waals surface area contributed by atoms with E-state index in [0.29, 0.717) is 12.5 Å². The number of hydrogen-bond donors (Lipinski definition) is 1. The van der Waals surface area contributed by atoms with Crippen LogP contribution in [0, 0.1) is 11.3 Å². The van der Waals surface area contributed by atoms with Crippen LogP contribution in [0.3, 0.4) is 0 Å². The molecule has 23 heavy (non-hydrogen) atoms. The number of urea groups is 1. The second kappa shape index (κ2) is 5.61. The number of carbonyl (C=O) groups excluding carboxylic acids is 1. The fourth-order valence-electron chi connectivity index (χ4n) is 3.83. The van der Waals surface area contributed by atoms with Crippen LogP contribution in [0.5, 0.6) is 0 Å². The first-order chi connectivity index (χ1) is 10.7. The van der Waals surface area contributed by atoms with Crippen molar-refractivity contribution >= 4 is 22.5 Å². The van der Waals surface area contributed by atoms with Crippen LogP contribution < -0.4 is 5.32 Å². The molecule has 1 aliphatic heterocycles. The third kappa shape index (κ3) is 3.44. The van der Waals surface area contributed by atoms with E-state index in [1.807, 2.05) is 4.90 Å². The summed E-state index contributed by atoms with van der Waals surface area (Å²) in [5.74, 6) is 0.489. The van der Waals surface area contributed by atoms with Crippen molar-refractivity contribution in [2.45, 2.75) is 51.7 Å². The molecule has 1 aromatic rings. The van der Waals surface area contributed by atoms with Crippen LogP contribution in [0.2, 0.25) is 0 Å². The molecule has 2 fully saturated rings. The first-order valence-electron chi connectivity index (χ1n) is 7.62. The molecule has 0 bridgehead atoms. The molecule has 2 heterocycles. The van der Waals surface area contributed by atoms with Crippen molar-refractivity contribution in [3.8, 4) is 0 Å². The summed E-state index contributed by atoms with van der Waals surface area (Å²) in [4.78, 5) is 14.3. The summed E-state index contributed by atoms with van der Waals surface area (Å²) in [7, 11) is 0. The molecule has 2 amide bonds. The number of halogens is 3. The Kier molecular flexibility index (Phi) is 4.02. The predicted molar refractivity (Wildman–Crippen MR) is 80.3 cm³/mol. The lowest BCUT2D eigenvalue weighted by molar-refractivity contribution is -0.127. The van der Waals surface area contributed by atoms with Crippen molar-refractivity contribution in [1.82, 2.24) is 15.1 Å². The summed E-state index contributed by atoms with van der Waals surface area (Å²) in [6.45, 7) is 4.98. The van der Waals surface area contributed by atoms with Crippen LogP contribution in [-0.2, 0) is 6.42 Å². The summed E-state index contributed by atoms with van der Waals surface area (Å²) in [6, 6.07) is -0.0743. The van der Waals surface area contributed by atoms with E-state index in [4.69, 9.17) is 0 Å². The van der Waals surface area contributed by atoms with Gasteiger partial charge in [-0.05, 0) is 24.2 Å². The number of fused-ring (bicyclic) bond motifs is 1. The second-order valence-corrected chi connectivity index (χ2v) is 8.01. The van der Waals surface area contributed by atoms with Gasteiger partial charge in [0.05, 0.1) is 6.42 Å². The van der Waals surface area contributed by atoms with E-state index in [1.165, 1.54) is 0 Å². The number of carbonyl (C=O) groups is 1. The van der Waals surface area contributed by atoms with E-state index >= 15 is 0 Å². The van der Waals surface area contributed by atoms with Crippen molar-refractivity contribution in [2.24, 2.45) is 11.3 Å². The SMILES string of the molecule is CC1(C)CN(C(=O)Nc2nnc(CC(F)(F)F)s2)[C@@H]2CCC[C@@H]21. The summed E-state index contributed by atoms with van der Waals surface area (Å²) < 4.78 is 37.0. The Morgan fingerprint density at radius 2 is 2.13 bits per heavy atom. The molecule has 3 rings (SSSR count). The van der Waals surface area contributed by atoms with Gasteiger partial charge in [0.2, 0.25) is 5.13 Å². The van der Waals surface area contributed by atoms with Gasteiger partial charge in [0, 0.05) is 12.6 Å². The highest BCUT2D eigenvalue weighted by Gasteiger charge is 2.50. The summed E-state index contributed by atoms with van der Waals surface area (Å²) in [5.41, 5.74) is 0.0705. The van der Waals surface area contributed by atoms with Gasteiger partial charge in [-0.15, -0.1) is 10.2 Å². The molecule has 1 saturated heterocycles. The first-order valence-corrected chi connectivity index (χ1v) is 8.44. The van der Waals surface area contributed by atoms with Crippen LogP contribution in [0.25, 0.3) is 0 Å². The molecule has 0 radical (unpaired) electrons. The molecule has 1 saturated carbocycles. The molecule has 0 aromatic carbocycles. The number of hydrogen-bond acceptors (Lipinski definition) is 4. The molecule has 2 atom stereocenters. The third-order valence-electron chi connectivity index (χ3n) is 4.75. The number of nitrogens with zero attached hydrogens (tertiary/aromatic N) is 3. The van der Waals surface area contributed by atoms with Crippen LogP contribution in [0.1, 0.15) is 38.1 Å². The van der Waals surface area contributed by atoms with Gasteiger partial charge in [0.1, 0.15) is 5.01 Å². The lowest BCUT2D eigenvalue weighted by atomic mass is 9.80. The smallest absolute Gasteiger partial charge is 0.321 e. The lowest BCUT2D eigenvalue weighted by Gasteiger charge is -2.23. The maximum Gasteiger partial charge on any atom is 0.395 e. The number of anilines is 1. The fraction of sp³-hybridized carbons (Fsp3) is 0.786. The van der Waals surface area contributed by atoms with Gasteiger partial charge in [-0.1, -0.05) is 31.6 Å². The lowest BCUT2D eigenvalue weighted by Crippen LogP contribution is -2.39. The van der Waals surface area contributed by atoms with Crippen molar-refractivity contribution in [3.63, 3.8) is 0 Å². The minimum atomic E-state index is -4.32. The molecule has 0 spiro atoms. The van der Waals surface area contributed by atoms with Gasteiger partial charge in [-0.25, -0.2) is 4.79 Å². The molecule has 0 unspecified atom stereocenters. The third-order valence-corrected chi connectivity index (χ3v) is 5.59. The Morgan fingerprint density at radius 3 is 2.83 bits per heavy atom. The standard InChI is InChI=1S/C14H19F3N4OS/c1-13(2)7-21(9-5-3-4-8(9)13)12(22)18-11-20-19-10(23-11)6-14(15,16)17/h8-9H,3-7H2,1-2H3,(H,18,20,22)/t8-,9+/m0/s1.